The van der Waals surface area contributed by atoms with Crippen LogP contribution in [-0.2, 0) is 6.42 Å². The molecule has 1 fully saturated rings. The van der Waals surface area contributed by atoms with Gasteiger partial charge < -0.3 is 15.2 Å². The molecule has 1 aliphatic heterocycles. The number of nitrogens with two attached hydrogens (primary N) is 1. The van der Waals surface area contributed by atoms with Crippen molar-refractivity contribution in [3.8, 4) is 11.5 Å². The maximum Gasteiger partial charge on any atom is 0.164 e. The topological polar surface area (TPSA) is 44.5 Å². The third-order valence-corrected chi connectivity index (χ3v) is 4.47. The van der Waals surface area contributed by atoms with Crippen molar-refractivity contribution in [3.63, 3.8) is 0 Å². The van der Waals surface area contributed by atoms with E-state index < -0.39 is 0 Å². The molecule has 1 heterocycles. The summed E-state index contributed by atoms with van der Waals surface area (Å²) in [7, 11) is 0. The van der Waals surface area contributed by atoms with Crippen LogP contribution >= 0.6 is 11.6 Å². The lowest BCUT2D eigenvalue weighted by molar-refractivity contribution is 0.295. The summed E-state index contributed by atoms with van der Waals surface area (Å²) in [6, 6.07) is 1.90. The number of fused-ring (bicyclic) bond motifs is 1. The Kier molecular flexibility index (Phi) is 3.59. The highest BCUT2D eigenvalue weighted by Gasteiger charge is 2.40. The molecule has 0 radical (unpaired) electrons. The Morgan fingerprint density at radius 2 is 2.00 bits per heavy atom. The Morgan fingerprint density at radius 3 is 2.65 bits per heavy atom. The third-order valence-electron chi connectivity index (χ3n) is 4.13. The normalized spacial score (nSPS) is 19.9. The van der Waals surface area contributed by atoms with Gasteiger partial charge in [0.05, 0.1) is 13.2 Å². The van der Waals surface area contributed by atoms with E-state index in [1.54, 1.807) is 0 Å². The molecule has 2 N–H and O–H groups in total. The molecule has 0 spiro atoms. The van der Waals surface area contributed by atoms with Crippen LogP contribution in [0.15, 0.2) is 6.07 Å². The molecule has 0 unspecified atom stereocenters. The number of rotatable bonds is 3. The summed E-state index contributed by atoms with van der Waals surface area (Å²) < 4.78 is 11.7. The van der Waals surface area contributed by atoms with E-state index in [1.807, 2.05) is 6.07 Å². The maximum atomic E-state index is 6.51. The number of halogens is 1. The van der Waals surface area contributed by atoms with Gasteiger partial charge in [-0.3, -0.25) is 0 Å². The molecule has 1 aromatic rings. The Hall–Kier alpha value is -0.930. The van der Waals surface area contributed by atoms with Gasteiger partial charge in [-0.05, 0) is 30.7 Å². The minimum Gasteiger partial charge on any atom is -0.489 e. The third kappa shape index (κ3) is 2.61. The zero-order valence-electron chi connectivity index (χ0n) is 12.2. The predicted octanol–water partition coefficient (Wildman–Crippen LogP) is 3.66. The SMILES string of the molecule is CC(C)c1c(CC2(N)CC2)c(Cl)cc2c1OCCCO2. The first kappa shape index (κ1) is 14.0. The summed E-state index contributed by atoms with van der Waals surface area (Å²) >= 11 is 6.51. The van der Waals surface area contributed by atoms with E-state index in [-0.39, 0.29) is 5.54 Å². The second-order valence-electron chi connectivity index (χ2n) is 6.32. The van der Waals surface area contributed by atoms with Gasteiger partial charge in [0.25, 0.3) is 0 Å². The number of benzene rings is 1. The van der Waals surface area contributed by atoms with Crippen molar-refractivity contribution in [1.29, 1.82) is 0 Å². The fourth-order valence-electron chi connectivity index (χ4n) is 2.82. The van der Waals surface area contributed by atoms with E-state index in [9.17, 15) is 0 Å². The summed E-state index contributed by atoms with van der Waals surface area (Å²) in [6.45, 7) is 5.71. The number of ether oxygens (including phenoxy) is 2. The quantitative estimate of drug-likeness (QED) is 0.925. The van der Waals surface area contributed by atoms with Crippen LogP contribution in [0.25, 0.3) is 0 Å². The van der Waals surface area contributed by atoms with E-state index in [2.05, 4.69) is 13.8 Å². The van der Waals surface area contributed by atoms with Crippen LogP contribution in [-0.4, -0.2) is 18.8 Å². The average molecular weight is 296 g/mol. The lowest BCUT2D eigenvalue weighted by Crippen LogP contribution is -2.25. The van der Waals surface area contributed by atoms with Gasteiger partial charge in [0.1, 0.15) is 0 Å². The van der Waals surface area contributed by atoms with Gasteiger partial charge in [0.2, 0.25) is 0 Å². The highest BCUT2D eigenvalue weighted by Crippen LogP contribution is 2.46. The smallest absolute Gasteiger partial charge is 0.164 e. The van der Waals surface area contributed by atoms with E-state index >= 15 is 0 Å². The monoisotopic (exact) mass is 295 g/mol. The van der Waals surface area contributed by atoms with Gasteiger partial charge in [-0.15, -0.1) is 0 Å². The molecule has 0 bridgehead atoms. The molecule has 4 heteroatoms. The van der Waals surface area contributed by atoms with Gasteiger partial charge in [-0.1, -0.05) is 25.4 Å². The van der Waals surface area contributed by atoms with Crippen molar-refractivity contribution in [2.75, 3.05) is 13.2 Å². The van der Waals surface area contributed by atoms with Gasteiger partial charge in [-0.25, -0.2) is 0 Å². The highest BCUT2D eigenvalue weighted by molar-refractivity contribution is 6.31. The van der Waals surface area contributed by atoms with Gasteiger partial charge in [0.15, 0.2) is 11.5 Å². The zero-order valence-corrected chi connectivity index (χ0v) is 12.9. The standard InChI is InChI=1S/C16H22ClNO2/c1-10(2)14-11(9-16(18)4-5-16)12(17)8-13-15(14)20-7-3-6-19-13/h8,10H,3-7,9,18H2,1-2H3. The van der Waals surface area contributed by atoms with Crippen LogP contribution < -0.4 is 15.2 Å². The molecule has 110 valence electrons. The Labute approximate surface area is 125 Å². The number of hydrogen-bond acceptors (Lipinski definition) is 3. The largest absolute Gasteiger partial charge is 0.489 e. The molecule has 0 saturated heterocycles. The van der Waals surface area contributed by atoms with E-state index in [4.69, 9.17) is 26.8 Å². The molecule has 1 aromatic carbocycles. The Balaban J connectivity index is 2.10. The summed E-state index contributed by atoms with van der Waals surface area (Å²) in [6.07, 6.45) is 3.89. The molecule has 0 amide bonds. The summed E-state index contributed by atoms with van der Waals surface area (Å²) in [5.74, 6) is 1.99. The molecule has 1 saturated carbocycles. The second-order valence-corrected chi connectivity index (χ2v) is 6.73. The van der Waals surface area contributed by atoms with Crippen molar-refractivity contribution in [3.05, 3.63) is 22.2 Å². The summed E-state index contributed by atoms with van der Waals surface area (Å²) in [4.78, 5) is 0. The van der Waals surface area contributed by atoms with Crippen LogP contribution in [0.2, 0.25) is 5.02 Å². The molecule has 2 aliphatic rings. The van der Waals surface area contributed by atoms with Crippen molar-refractivity contribution >= 4 is 11.6 Å². The molecule has 0 atom stereocenters. The summed E-state index contributed by atoms with van der Waals surface area (Å²) in [5, 5.41) is 0.759. The Morgan fingerprint density at radius 1 is 1.30 bits per heavy atom. The fraction of sp³-hybridized carbons (Fsp3) is 0.625. The van der Waals surface area contributed by atoms with E-state index in [0.29, 0.717) is 19.1 Å². The Bertz CT molecular complexity index is 524. The van der Waals surface area contributed by atoms with Crippen LogP contribution in [0.5, 0.6) is 11.5 Å². The van der Waals surface area contributed by atoms with Crippen LogP contribution in [0.4, 0.5) is 0 Å². The van der Waals surface area contributed by atoms with E-state index in [1.165, 1.54) is 5.56 Å². The van der Waals surface area contributed by atoms with Crippen molar-refractivity contribution in [2.45, 2.75) is 51.0 Å². The molecular formula is C16H22ClNO2. The maximum absolute atomic E-state index is 6.51. The predicted molar refractivity (Wildman–Crippen MR) is 81.0 cm³/mol. The van der Waals surface area contributed by atoms with Crippen LogP contribution in [0.1, 0.15) is 50.2 Å². The van der Waals surface area contributed by atoms with Crippen LogP contribution in [0, 0.1) is 0 Å². The minimum atomic E-state index is -0.0624. The second kappa shape index (κ2) is 5.12. The van der Waals surface area contributed by atoms with Crippen molar-refractivity contribution in [2.24, 2.45) is 5.73 Å². The molecule has 0 aromatic heterocycles. The molecule has 20 heavy (non-hydrogen) atoms. The van der Waals surface area contributed by atoms with Gasteiger partial charge >= 0.3 is 0 Å². The van der Waals surface area contributed by atoms with Crippen molar-refractivity contribution in [1.82, 2.24) is 0 Å². The molecule has 1 aliphatic carbocycles. The fourth-order valence-corrected chi connectivity index (χ4v) is 3.08. The average Bonchev–Trinajstić information content (AvgIpc) is 3.13. The summed E-state index contributed by atoms with van der Waals surface area (Å²) in [5.41, 5.74) is 8.55. The molecule has 3 nitrogen and oxygen atoms in total. The van der Waals surface area contributed by atoms with Crippen molar-refractivity contribution < 1.29 is 9.47 Å². The first-order valence-electron chi connectivity index (χ1n) is 7.40. The van der Waals surface area contributed by atoms with Gasteiger partial charge in [-0.2, -0.15) is 0 Å². The number of hydrogen-bond donors (Lipinski definition) is 1. The lowest BCUT2D eigenvalue weighted by Gasteiger charge is -2.22. The lowest BCUT2D eigenvalue weighted by atomic mass is 9.91. The highest BCUT2D eigenvalue weighted by atomic mass is 35.5. The first-order chi connectivity index (χ1) is 9.50. The van der Waals surface area contributed by atoms with Gasteiger partial charge in [0, 0.05) is 28.6 Å². The molecule has 3 rings (SSSR count). The molecular weight excluding hydrogens is 274 g/mol. The van der Waals surface area contributed by atoms with E-state index in [0.717, 1.165) is 47.8 Å². The minimum absolute atomic E-state index is 0.0624. The zero-order chi connectivity index (χ0) is 14.3. The first-order valence-corrected chi connectivity index (χ1v) is 7.78. The van der Waals surface area contributed by atoms with Crippen LogP contribution in [0.3, 0.4) is 0 Å².